The van der Waals surface area contributed by atoms with E-state index in [1.165, 1.54) is 17.5 Å². The number of hydrogen-bond acceptors (Lipinski definition) is 3. The summed E-state index contributed by atoms with van der Waals surface area (Å²) in [4.78, 5) is 2.55. The van der Waals surface area contributed by atoms with E-state index in [0.29, 0.717) is 12.1 Å². The molecule has 17 heavy (non-hydrogen) atoms. The van der Waals surface area contributed by atoms with Crippen molar-refractivity contribution in [3.8, 4) is 0 Å². The number of nitrogen functional groups attached to an aromatic ring is 1. The van der Waals surface area contributed by atoms with Crippen molar-refractivity contribution in [2.24, 2.45) is 0 Å². The second-order valence-corrected chi connectivity index (χ2v) is 5.14. The van der Waals surface area contributed by atoms with Gasteiger partial charge in [0.05, 0.1) is 6.10 Å². The van der Waals surface area contributed by atoms with Crippen LogP contribution in [0.15, 0.2) is 18.2 Å². The maximum Gasteiger partial charge on any atom is 0.0703 e. The van der Waals surface area contributed by atoms with Crippen LogP contribution >= 0.6 is 0 Å². The Morgan fingerprint density at radius 1 is 1.41 bits per heavy atom. The van der Waals surface area contributed by atoms with Gasteiger partial charge >= 0.3 is 0 Å². The van der Waals surface area contributed by atoms with Gasteiger partial charge in [0.2, 0.25) is 0 Å². The standard InChI is InChI=1S/C14H20N2O/c1-10-14(6-8-17-10)16-7-5-12-11(9-16)3-2-4-13(12)15/h2-4,10,14H,5-9,15H2,1H3. The summed E-state index contributed by atoms with van der Waals surface area (Å²) in [5, 5.41) is 0. The Kier molecular flexibility index (Phi) is 2.81. The van der Waals surface area contributed by atoms with Gasteiger partial charge in [-0.1, -0.05) is 12.1 Å². The van der Waals surface area contributed by atoms with Gasteiger partial charge in [0.1, 0.15) is 0 Å². The first-order chi connectivity index (χ1) is 8.25. The van der Waals surface area contributed by atoms with Gasteiger partial charge in [-0.15, -0.1) is 0 Å². The quantitative estimate of drug-likeness (QED) is 0.750. The lowest BCUT2D eigenvalue weighted by atomic mass is 9.96. The molecule has 2 aliphatic heterocycles. The van der Waals surface area contributed by atoms with Crippen LogP contribution in [0.5, 0.6) is 0 Å². The molecule has 0 amide bonds. The maximum atomic E-state index is 6.02. The molecule has 0 radical (unpaired) electrons. The lowest BCUT2D eigenvalue weighted by Crippen LogP contribution is -2.42. The molecule has 0 spiro atoms. The molecule has 1 saturated heterocycles. The lowest BCUT2D eigenvalue weighted by molar-refractivity contribution is 0.0684. The topological polar surface area (TPSA) is 38.5 Å². The summed E-state index contributed by atoms with van der Waals surface area (Å²) >= 11 is 0. The molecular weight excluding hydrogens is 212 g/mol. The van der Waals surface area contributed by atoms with Crippen molar-refractivity contribution in [2.45, 2.75) is 38.5 Å². The van der Waals surface area contributed by atoms with E-state index in [0.717, 1.165) is 31.8 Å². The number of ether oxygens (including phenoxy) is 1. The fourth-order valence-electron chi connectivity index (χ4n) is 3.14. The third-order valence-corrected chi connectivity index (χ3v) is 4.14. The molecule has 0 aromatic heterocycles. The minimum Gasteiger partial charge on any atom is -0.398 e. The molecule has 2 heterocycles. The summed E-state index contributed by atoms with van der Waals surface area (Å²) < 4.78 is 5.66. The molecule has 2 unspecified atom stereocenters. The Bertz CT molecular complexity index is 419. The first-order valence-electron chi connectivity index (χ1n) is 6.47. The molecule has 1 fully saturated rings. The van der Waals surface area contributed by atoms with E-state index in [1.807, 2.05) is 6.07 Å². The molecule has 0 saturated carbocycles. The van der Waals surface area contributed by atoms with Crippen molar-refractivity contribution in [1.82, 2.24) is 4.90 Å². The highest BCUT2D eigenvalue weighted by molar-refractivity contribution is 5.51. The number of benzene rings is 1. The van der Waals surface area contributed by atoms with Crippen molar-refractivity contribution >= 4 is 5.69 Å². The summed E-state index contributed by atoms with van der Waals surface area (Å²) in [6.07, 6.45) is 2.61. The SMILES string of the molecule is CC1OCCC1N1CCc2c(N)cccc2C1. The molecule has 3 nitrogen and oxygen atoms in total. The molecule has 2 N–H and O–H groups in total. The van der Waals surface area contributed by atoms with Crippen LogP contribution in [0.2, 0.25) is 0 Å². The minimum absolute atomic E-state index is 0.373. The van der Waals surface area contributed by atoms with Gasteiger partial charge in [0, 0.05) is 31.4 Å². The van der Waals surface area contributed by atoms with Gasteiger partial charge in [0.15, 0.2) is 0 Å². The van der Waals surface area contributed by atoms with Crippen molar-refractivity contribution in [3.05, 3.63) is 29.3 Å². The zero-order chi connectivity index (χ0) is 11.8. The van der Waals surface area contributed by atoms with Gasteiger partial charge in [-0.2, -0.15) is 0 Å². The third-order valence-electron chi connectivity index (χ3n) is 4.14. The van der Waals surface area contributed by atoms with Crippen LogP contribution in [0.1, 0.15) is 24.5 Å². The van der Waals surface area contributed by atoms with Crippen LogP contribution in [-0.4, -0.2) is 30.2 Å². The fraction of sp³-hybridized carbons (Fsp3) is 0.571. The Hall–Kier alpha value is -1.06. The fourth-order valence-corrected chi connectivity index (χ4v) is 3.14. The average Bonchev–Trinajstić information content (AvgIpc) is 2.75. The van der Waals surface area contributed by atoms with Crippen molar-refractivity contribution in [2.75, 3.05) is 18.9 Å². The summed E-state index contributed by atoms with van der Waals surface area (Å²) in [6, 6.07) is 6.87. The molecule has 3 heteroatoms. The minimum atomic E-state index is 0.373. The van der Waals surface area contributed by atoms with Gasteiger partial charge in [0.25, 0.3) is 0 Å². The van der Waals surface area contributed by atoms with E-state index in [9.17, 15) is 0 Å². The monoisotopic (exact) mass is 232 g/mol. The van der Waals surface area contributed by atoms with E-state index >= 15 is 0 Å². The molecule has 3 rings (SSSR count). The zero-order valence-electron chi connectivity index (χ0n) is 10.4. The van der Waals surface area contributed by atoms with Crippen LogP contribution in [0.4, 0.5) is 5.69 Å². The van der Waals surface area contributed by atoms with E-state index < -0.39 is 0 Å². The summed E-state index contributed by atoms with van der Waals surface area (Å²) in [7, 11) is 0. The van der Waals surface area contributed by atoms with E-state index in [-0.39, 0.29) is 0 Å². The van der Waals surface area contributed by atoms with Crippen molar-refractivity contribution < 1.29 is 4.74 Å². The number of nitrogens with zero attached hydrogens (tertiary/aromatic N) is 1. The van der Waals surface area contributed by atoms with Crippen LogP contribution in [0.25, 0.3) is 0 Å². The predicted molar refractivity (Wildman–Crippen MR) is 68.8 cm³/mol. The average molecular weight is 232 g/mol. The molecule has 2 atom stereocenters. The van der Waals surface area contributed by atoms with Crippen molar-refractivity contribution in [1.29, 1.82) is 0 Å². The third kappa shape index (κ3) is 1.94. The largest absolute Gasteiger partial charge is 0.398 e. The number of nitrogens with two attached hydrogens (primary N) is 1. The molecule has 2 aliphatic rings. The maximum absolute atomic E-state index is 6.02. The summed E-state index contributed by atoms with van der Waals surface area (Å²) in [5.74, 6) is 0. The molecule has 1 aromatic rings. The molecule has 0 bridgehead atoms. The Balaban J connectivity index is 1.81. The van der Waals surface area contributed by atoms with E-state index in [2.05, 4.69) is 24.0 Å². The zero-order valence-corrected chi connectivity index (χ0v) is 10.4. The Morgan fingerprint density at radius 2 is 2.29 bits per heavy atom. The number of anilines is 1. The number of fused-ring (bicyclic) bond motifs is 1. The first kappa shape index (κ1) is 11.1. The van der Waals surface area contributed by atoms with Crippen LogP contribution in [-0.2, 0) is 17.7 Å². The molecular formula is C14H20N2O. The summed E-state index contributed by atoms with van der Waals surface area (Å²) in [6.45, 7) is 5.23. The smallest absolute Gasteiger partial charge is 0.0703 e. The highest BCUT2D eigenvalue weighted by Gasteiger charge is 2.32. The number of hydrogen-bond donors (Lipinski definition) is 1. The highest BCUT2D eigenvalue weighted by Crippen LogP contribution is 2.28. The Labute approximate surface area is 103 Å². The Morgan fingerprint density at radius 3 is 3.06 bits per heavy atom. The van der Waals surface area contributed by atoms with Gasteiger partial charge in [-0.3, -0.25) is 4.90 Å². The van der Waals surface area contributed by atoms with Crippen LogP contribution < -0.4 is 5.73 Å². The predicted octanol–water partition coefficient (Wildman–Crippen LogP) is 1.80. The van der Waals surface area contributed by atoms with E-state index in [1.54, 1.807) is 0 Å². The summed E-state index contributed by atoms with van der Waals surface area (Å²) in [5.41, 5.74) is 9.74. The lowest BCUT2D eigenvalue weighted by Gasteiger charge is -2.35. The van der Waals surface area contributed by atoms with Crippen LogP contribution in [0.3, 0.4) is 0 Å². The van der Waals surface area contributed by atoms with Crippen molar-refractivity contribution in [3.63, 3.8) is 0 Å². The van der Waals surface area contributed by atoms with Gasteiger partial charge in [-0.25, -0.2) is 0 Å². The molecule has 1 aromatic carbocycles. The highest BCUT2D eigenvalue weighted by atomic mass is 16.5. The van der Waals surface area contributed by atoms with E-state index in [4.69, 9.17) is 10.5 Å². The molecule has 92 valence electrons. The normalized spacial score (nSPS) is 29.2. The second kappa shape index (κ2) is 4.31. The van der Waals surface area contributed by atoms with Gasteiger partial charge < -0.3 is 10.5 Å². The number of rotatable bonds is 1. The van der Waals surface area contributed by atoms with Crippen LogP contribution in [0, 0.1) is 0 Å². The molecule has 0 aliphatic carbocycles. The second-order valence-electron chi connectivity index (χ2n) is 5.14. The van der Waals surface area contributed by atoms with Gasteiger partial charge in [-0.05, 0) is 37.0 Å². The first-order valence-corrected chi connectivity index (χ1v) is 6.47.